The number of methoxy groups -OCH3 is 1. The molecule has 0 unspecified atom stereocenters. The van der Waals surface area contributed by atoms with Gasteiger partial charge in [-0.25, -0.2) is 4.98 Å². The Morgan fingerprint density at radius 1 is 1.43 bits per heavy atom. The predicted octanol–water partition coefficient (Wildman–Crippen LogP) is 0.322. The molecule has 76 valence electrons. The highest BCUT2D eigenvalue weighted by Crippen LogP contribution is 2.14. The minimum absolute atomic E-state index is 0.411. The van der Waals surface area contributed by atoms with Crippen LogP contribution in [0.25, 0.3) is 0 Å². The molecule has 1 saturated heterocycles. The molecule has 14 heavy (non-hydrogen) atoms. The van der Waals surface area contributed by atoms with Gasteiger partial charge in [0.05, 0.1) is 20.3 Å². The van der Waals surface area contributed by atoms with Crippen molar-refractivity contribution in [2.75, 3.05) is 38.3 Å². The molecule has 0 radical (unpaired) electrons. The highest BCUT2D eigenvalue weighted by atomic mass is 16.5. The molecule has 2 heterocycles. The van der Waals surface area contributed by atoms with Crippen molar-refractivity contribution < 1.29 is 9.47 Å². The minimum atomic E-state index is 0.411. The van der Waals surface area contributed by atoms with Crippen LogP contribution in [0.5, 0.6) is 6.01 Å². The first-order chi connectivity index (χ1) is 6.90. The lowest BCUT2D eigenvalue weighted by Gasteiger charge is -2.27. The van der Waals surface area contributed by atoms with Crippen LogP contribution in [0, 0.1) is 0 Å². The molecule has 0 N–H and O–H groups in total. The van der Waals surface area contributed by atoms with Gasteiger partial charge in [0, 0.05) is 19.3 Å². The Labute approximate surface area is 82.7 Å². The summed E-state index contributed by atoms with van der Waals surface area (Å²) in [4.78, 5) is 10.4. The fourth-order valence-corrected chi connectivity index (χ4v) is 1.40. The van der Waals surface area contributed by atoms with E-state index in [-0.39, 0.29) is 0 Å². The molecule has 0 aliphatic carbocycles. The number of anilines is 1. The number of hydrogen-bond acceptors (Lipinski definition) is 5. The third-order valence-corrected chi connectivity index (χ3v) is 2.14. The van der Waals surface area contributed by atoms with Crippen LogP contribution in [0.3, 0.4) is 0 Å². The average molecular weight is 195 g/mol. The molecule has 1 aromatic rings. The van der Waals surface area contributed by atoms with Gasteiger partial charge in [0.25, 0.3) is 0 Å². The standard InChI is InChI=1S/C9H13N3O2/c1-13-9-10-3-2-8(11-9)12-4-6-14-7-5-12/h2-3H,4-7H2,1H3. The molecular weight excluding hydrogens is 182 g/mol. The van der Waals surface area contributed by atoms with Crippen molar-refractivity contribution >= 4 is 5.82 Å². The van der Waals surface area contributed by atoms with Crippen LogP contribution < -0.4 is 9.64 Å². The highest BCUT2D eigenvalue weighted by molar-refractivity contribution is 5.38. The Hall–Kier alpha value is -1.36. The molecule has 0 bridgehead atoms. The fraction of sp³-hybridized carbons (Fsp3) is 0.556. The SMILES string of the molecule is COc1nccc(N2CCOCC2)n1. The largest absolute Gasteiger partial charge is 0.467 e. The number of morpholine rings is 1. The Morgan fingerprint density at radius 2 is 2.21 bits per heavy atom. The van der Waals surface area contributed by atoms with E-state index in [2.05, 4.69) is 14.9 Å². The second-order valence-electron chi connectivity index (χ2n) is 3.00. The molecule has 0 aromatic carbocycles. The van der Waals surface area contributed by atoms with Gasteiger partial charge >= 0.3 is 6.01 Å². The molecule has 0 saturated carbocycles. The first kappa shape index (κ1) is 9.21. The van der Waals surface area contributed by atoms with Crippen LogP contribution in [0.1, 0.15) is 0 Å². The van der Waals surface area contributed by atoms with Crippen LogP contribution in [0.15, 0.2) is 12.3 Å². The summed E-state index contributed by atoms with van der Waals surface area (Å²) >= 11 is 0. The van der Waals surface area contributed by atoms with Crippen molar-refractivity contribution in [1.29, 1.82) is 0 Å². The zero-order valence-electron chi connectivity index (χ0n) is 8.14. The number of rotatable bonds is 2. The first-order valence-electron chi connectivity index (χ1n) is 4.60. The fourth-order valence-electron chi connectivity index (χ4n) is 1.40. The minimum Gasteiger partial charge on any atom is -0.467 e. The summed E-state index contributed by atoms with van der Waals surface area (Å²) in [5, 5.41) is 0. The molecule has 1 aromatic heterocycles. The number of hydrogen-bond donors (Lipinski definition) is 0. The van der Waals surface area contributed by atoms with Crippen LogP contribution in [-0.2, 0) is 4.74 Å². The van der Waals surface area contributed by atoms with E-state index < -0.39 is 0 Å². The van der Waals surface area contributed by atoms with Crippen molar-refractivity contribution in [3.8, 4) is 6.01 Å². The van der Waals surface area contributed by atoms with E-state index >= 15 is 0 Å². The van der Waals surface area contributed by atoms with E-state index in [9.17, 15) is 0 Å². The van der Waals surface area contributed by atoms with E-state index in [0.29, 0.717) is 6.01 Å². The van der Waals surface area contributed by atoms with E-state index in [0.717, 1.165) is 32.1 Å². The number of aromatic nitrogens is 2. The van der Waals surface area contributed by atoms with Gasteiger partial charge in [-0.1, -0.05) is 0 Å². The summed E-state index contributed by atoms with van der Waals surface area (Å²) in [6.45, 7) is 3.26. The molecule has 5 nitrogen and oxygen atoms in total. The maximum absolute atomic E-state index is 5.26. The topological polar surface area (TPSA) is 47.5 Å². The second-order valence-corrected chi connectivity index (χ2v) is 3.00. The molecule has 5 heteroatoms. The Bertz CT molecular complexity index is 300. The van der Waals surface area contributed by atoms with Crippen molar-refractivity contribution in [3.05, 3.63) is 12.3 Å². The predicted molar refractivity (Wildman–Crippen MR) is 51.6 cm³/mol. The lowest BCUT2D eigenvalue weighted by molar-refractivity contribution is 0.122. The summed E-state index contributed by atoms with van der Waals surface area (Å²) in [6.07, 6.45) is 1.70. The van der Waals surface area contributed by atoms with Gasteiger partial charge in [0.2, 0.25) is 0 Å². The third-order valence-electron chi connectivity index (χ3n) is 2.14. The summed E-state index contributed by atoms with van der Waals surface area (Å²) in [6, 6.07) is 2.29. The molecule has 1 fully saturated rings. The molecule has 2 rings (SSSR count). The normalized spacial score (nSPS) is 16.8. The molecule has 0 amide bonds. The van der Waals surface area contributed by atoms with Crippen molar-refractivity contribution in [3.63, 3.8) is 0 Å². The summed E-state index contributed by atoms with van der Waals surface area (Å²) in [7, 11) is 1.57. The Balaban J connectivity index is 2.13. The smallest absolute Gasteiger partial charge is 0.318 e. The second kappa shape index (κ2) is 4.23. The van der Waals surface area contributed by atoms with E-state index in [1.54, 1.807) is 13.3 Å². The van der Waals surface area contributed by atoms with Gasteiger partial charge < -0.3 is 14.4 Å². The zero-order valence-corrected chi connectivity index (χ0v) is 8.14. The van der Waals surface area contributed by atoms with Crippen LogP contribution in [0.4, 0.5) is 5.82 Å². The van der Waals surface area contributed by atoms with Gasteiger partial charge in [-0.05, 0) is 6.07 Å². The van der Waals surface area contributed by atoms with Crippen molar-refractivity contribution in [2.24, 2.45) is 0 Å². The number of ether oxygens (including phenoxy) is 2. The highest BCUT2D eigenvalue weighted by Gasteiger charge is 2.12. The monoisotopic (exact) mass is 195 g/mol. The van der Waals surface area contributed by atoms with Crippen LogP contribution in [0.2, 0.25) is 0 Å². The van der Waals surface area contributed by atoms with E-state index in [1.807, 2.05) is 6.07 Å². The lowest BCUT2D eigenvalue weighted by Crippen LogP contribution is -2.36. The van der Waals surface area contributed by atoms with E-state index in [1.165, 1.54) is 0 Å². The first-order valence-corrected chi connectivity index (χ1v) is 4.60. The van der Waals surface area contributed by atoms with Gasteiger partial charge in [-0.2, -0.15) is 4.98 Å². The number of nitrogens with zero attached hydrogens (tertiary/aromatic N) is 3. The third kappa shape index (κ3) is 1.93. The van der Waals surface area contributed by atoms with Crippen molar-refractivity contribution in [2.45, 2.75) is 0 Å². The van der Waals surface area contributed by atoms with E-state index in [4.69, 9.17) is 9.47 Å². The Morgan fingerprint density at radius 3 is 2.93 bits per heavy atom. The van der Waals surface area contributed by atoms with Gasteiger partial charge in [0.1, 0.15) is 5.82 Å². The molecule has 1 aliphatic rings. The molecule has 0 atom stereocenters. The maximum Gasteiger partial charge on any atom is 0.318 e. The molecule has 1 aliphatic heterocycles. The molecule has 0 spiro atoms. The van der Waals surface area contributed by atoms with Gasteiger partial charge in [-0.15, -0.1) is 0 Å². The summed E-state index contributed by atoms with van der Waals surface area (Å²) < 4.78 is 10.2. The average Bonchev–Trinajstić information content (AvgIpc) is 2.30. The van der Waals surface area contributed by atoms with Crippen molar-refractivity contribution in [1.82, 2.24) is 9.97 Å². The summed E-state index contributed by atoms with van der Waals surface area (Å²) in [5.41, 5.74) is 0. The maximum atomic E-state index is 5.26. The van der Waals surface area contributed by atoms with Gasteiger partial charge in [0.15, 0.2) is 0 Å². The van der Waals surface area contributed by atoms with Crippen LogP contribution in [-0.4, -0.2) is 43.4 Å². The zero-order chi connectivity index (χ0) is 9.80. The van der Waals surface area contributed by atoms with Crippen LogP contribution >= 0.6 is 0 Å². The molecular formula is C9H13N3O2. The Kier molecular flexibility index (Phi) is 2.78. The van der Waals surface area contributed by atoms with Gasteiger partial charge in [-0.3, -0.25) is 0 Å². The quantitative estimate of drug-likeness (QED) is 0.680. The lowest BCUT2D eigenvalue weighted by atomic mass is 10.4. The summed E-state index contributed by atoms with van der Waals surface area (Å²) in [5.74, 6) is 0.903.